The minimum Gasteiger partial charge on any atom is -0.486 e. The molecular formula is C24H32N2O5. The van der Waals surface area contributed by atoms with Gasteiger partial charge in [-0.3, -0.25) is 4.79 Å². The number of carboxylic acids is 1. The molecule has 2 heterocycles. The molecule has 0 radical (unpaired) electrons. The van der Waals surface area contributed by atoms with Crippen LogP contribution in [-0.2, 0) is 13.0 Å². The summed E-state index contributed by atoms with van der Waals surface area (Å²) in [6, 6.07) is 1.22. The second-order valence-corrected chi connectivity index (χ2v) is 11.0. The molecule has 5 rings (SSSR count). The smallest absolute Gasteiger partial charge is 0.336 e. The molecule has 2 aliphatic heterocycles. The molecule has 168 valence electrons. The number of carbonyl (C=O) groups is 2. The molecule has 1 aromatic rings. The van der Waals surface area contributed by atoms with Gasteiger partial charge in [-0.15, -0.1) is 0 Å². The number of benzene rings is 1. The Balaban J connectivity index is 1.75. The summed E-state index contributed by atoms with van der Waals surface area (Å²) >= 11 is 0. The molecule has 31 heavy (non-hydrogen) atoms. The van der Waals surface area contributed by atoms with Gasteiger partial charge in [-0.25, -0.2) is 4.79 Å². The van der Waals surface area contributed by atoms with Crippen LogP contribution in [0.5, 0.6) is 5.75 Å². The Labute approximate surface area is 182 Å². The van der Waals surface area contributed by atoms with Gasteiger partial charge in [0.1, 0.15) is 11.4 Å². The van der Waals surface area contributed by atoms with Crippen molar-refractivity contribution in [1.29, 1.82) is 0 Å². The second-order valence-electron chi connectivity index (χ2n) is 11.0. The molecule has 2 saturated carbocycles. The third-order valence-electron chi connectivity index (χ3n) is 9.29. The third kappa shape index (κ3) is 2.42. The quantitative estimate of drug-likeness (QED) is 0.545. The fourth-order valence-corrected chi connectivity index (χ4v) is 7.38. The van der Waals surface area contributed by atoms with Gasteiger partial charge in [0.15, 0.2) is 0 Å². The Bertz CT molecular complexity index is 1000. The number of carbonyl (C=O) groups excluding carboxylic acids is 1. The molecule has 1 amide bonds. The molecule has 2 fully saturated rings. The standard InChI is InChI=1S/C24H32N2O5/c1-11-5-6-16-22(2,3)19(27)15(25)9-24(16)23(11,4)8-12-7-13(21(29)30)17-14(18(12)31-24)10-26-20(17)28/h7,11,15-16,19,27H,5-6,8-10,25H2,1-4H3,(H,26,28)(H,29,30)/t11-,15+,16-,19-,23+,24-/m0/s1. The van der Waals surface area contributed by atoms with Gasteiger partial charge < -0.3 is 26.0 Å². The summed E-state index contributed by atoms with van der Waals surface area (Å²) in [6.45, 7) is 8.92. The Morgan fingerprint density at radius 1 is 1.29 bits per heavy atom. The minimum atomic E-state index is -1.10. The predicted molar refractivity (Wildman–Crippen MR) is 114 cm³/mol. The normalized spacial score (nSPS) is 40.0. The van der Waals surface area contributed by atoms with Gasteiger partial charge >= 0.3 is 5.97 Å². The van der Waals surface area contributed by atoms with E-state index in [1.165, 1.54) is 0 Å². The van der Waals surface area contributed by atoms with Crippen molar-refractivity contribution >= 4 is 11.9 Å². The van der Waals surface area contributed by atoms with Crippen molar-refractivity contribution in [2.45, 2.75) is 77.7 Å². The van der Waals surface area contributed by atoms with Gasteiger partial charge in [0.05, 0.1) is 17.2 Å². The Kier molecular flexibility index (Phi) is 4.17. The Morgan fingerprint density at radius 2 is 2.00 bits per heavy atom. The molecule has 1 aromatic carbocycles. The van der Waals surface area contributed by atoms with Crippen LogP contribution >= 0.6 is 0 Å². The molecule has 5 N–H and O–H groups in total. The first kappa shape index (κ1) is 20.8. The summed E-state index contributed by atoms with van der Waals surface area (Å²) in [5.41, 5.74) is 7.00. The SMILES string of the molecule is C[C@H]1CC[C@H]2C(C)(C)[C@@H](O)[C@H](N)C[C@]23Oc2c(cc(C(=O)O)c4c2CNC4=O)C[C@]13C. The van der Waals surface area contributed by atoms with Crippen LogP contribution in [0.1, 0.15) is 78.8 Å². The predicted octanol–water partition coefficient (Wildman–Crippen LogP) is 2.47. The third-order valence-corrected chi connectivity index (χ3v) is 9.29. The number of nitrogens with two attached hydrogens (primary N) is 1. The first-order valence-corrected chi connectivity index (χ1v) is 11.3. The number of carboxylic acid groups (broad SMARTS) is 1. The summed E-state index contributed by atoms with van der Waals surface area (Å²) in [5.74, 6) is -0.371. The first-order chi connectivity index (χ1) is 14.4. The number of amides is 1. The van der Waals surface area contributed by atoms with Crippen LogP contribution < -0.4 is 15.8 Å². The lowest BCUT2D eigenvalue weighted by Crippen LogP contribution is -2.74. The van der Waals surface area contributed by atoms with E-state index in [0.29, 0.717) is 30.1 Å². The maximum absolute atomic E-state index is 12.5. The van der Waals surface area contributed by atoms with Crippen molar-refractivity contribution in [2.24, 2.45) is 28.4 Å². The zero-order chi connectivity index (χ0) is 22.5. The van der Waals surface area contributed by atoms with Crippen molar-refractivity contribution in [3.8, 4) is 5.75 Å². The fourth-order valence-electron chi connectivity index (χ4n) is 7.38. The molecule has 7 nitrogen and oxygen atoms in total. The lowest BCUT2D eigenvalue weighted by molar-refractivity contribution is -0.238. The van der Waals surface area contributed by atoms with Crippen molar-refractivity contribution in [3.63, 3.8) is 0 Å². The van der Waals surface area contributed by atoms with E-state index in [1.807, 2.05) is 0 Å². The molecule has 4 aliphatic rings. The minimum absolute atomic E-state index is 0.0445. The molecule has 2 aliphatic carbocycles. The zero-order valence-electron chi connectivity index (χ0n) is 18.6. The van der Waals surface area contributed by atoms with E-state index < -0.39 is 29.1 Å². The van der Waals surface area contributed by atoms with Crippen LogP contribution in [0.4, 0.5) is 0 Å². The van der Waals surface area contributed by atoms with Gasteiger partial charge in [-0.2, -0.15) is 0 Å². The van der Waals surface area contributed by atoms with Crippen molar-refractivity contribution in [1.82, 2.24) is 5.32 Å². The Hall–Kier alpha value is -2.12. The van der Waals surface area contributed by atoms with Crippen LogP contribution in [0.25, 0.3) is 0 Å². The topological polar surface area (TPSA) is 122 Å². The summed E-state index contributed by atoms with van der Waals surface area (Å²) in [6.07, 6.45) is 2.55. The maximum atomic E-state index is 12.5. The number of hydrogen-bond acceptors (Lipinski definition) is 5. The van der Waals surface area contributed by atoms with Gasteiger partial charge in [0.25, 0.3) is 5.91 Å². The number of fused-ring (bicyclic) bond motifs is 3. The molecule has 1 spiro atoms. The van der Waals surface area contributed by atoms with Crippen LogP contribution in [0.15, 0.2) is 6.07 Å². The van der Waals surface area contributed by atoms with E-state index in [9.17, 15) is 19.8 Å². The first-order valence-electron chi connectivity index (χ1n) is 11.3. The van der Waals surface area contributed by atoms with Crippen molar-refractivity contribution < 1.29 is 24.5 Å². The van der Waals surface area contributed by atoms with Gasteiger partial charge in [0, 0.05) is 35.9 Å². The molecule has 0 bridgehead atoms. The van der Waals surface area contributed by atoms with Gasteiger partial charge in [0.2, 0.25) is 0 Å². The number of hydrogen-bond donors (Lipinski definition) is 4. The molecule has 0 aromatic heterocycles. The van der Waals surface area contributed by atoms with Gasteiger partial charge in [-0.1, -0.05) is 27.7 Å². The number of ether oxygens (including phenoxy) is 1. The number of aromatic carboxylic acids is 1. The van der Waals surface area contributed by atoms with E-state index in [0.717, 1.165) is 18.4 Å². The largest absolute Gasteiger partial charge is 0.486 e. The van der Waals surface area contributed by atoms with Crippen LogP contribution in [-0.4, -0.2) is 39.8 Å². The summed E-state index contributed by atoms with van der Waals surface area (Å²) in [7, 11) is 0. The highest BCUT2D eigenvalue weighted by Crippen LogP contribution is 2.66. The summed E-state index contributed by atoms with van der Waals surface area (Å²) < 4.78 is 7.00. The molecule has 6 atom stereocenters. The zero-order valence-corrected chi connectivity index (χ0v) is 18.6. The average Bonchev–Trinajstić information content (AvgIpc) is 3.07. The second kappa shape index (κ2) is 6.23. The lowest BCUT2D eigenvalue weighted by atomic mass is 9.43. The highest BCUT2D eigenvalue weighted by molar-refractivity contribution is 6.08. The molecule has 7 heteroatoms. The lowest BCUT2D eigenvalue weighted by Gasteiger charge is -2.68. The Morgan fingerprint density at radius 3 is 2.68 bits per heavy atom. The number of nitrogens with one attached hydrogen (secondary N) is 1. The highest BCUT2D eigenvalue weighted by atomic mass is 16.5. The van der Waals surface area contributed by atoms with Crippen LogP contribution in [0.3, 0.4) is 0 Å². The van der Waals surface area contributed by atoms with Crippen molar-refractivity contribution in [2.75, 3.05) is 0 Å². The maximum Gasteiger partial charge on any atom is 0.336 e. The summed E-state index contributed by atoms with van der Waals surface area (Å²) in [4.78, 5) is 24.4. The van der Waals surface area contributed by atoms with E-state index in [-0.39, 0.29) is 34.9 Å². The average molecular weight is 429 g/mol. The van der Waals surface area contributed by atoms with Crippen molar-refractivity contribution in [3.05, 3.63) is 28.3 Å². The van der Waals surface area contributed by atoms with E-state index in [4.69, 9.17) is 10.5 Å². The summed E-state index contributed by atoms with van der Waals surface area (Å²) in [5, 5.41) is 23.5. The van der Waals surface area contributed by atoms with Crippen LogP contribution in [0.2, 0.25) is 0 Å². The van der Waals surface area contributed by atoms with Crippen LogP contribution in [0, 0.1) is 22.7 Å². The number of aliphatic hydroxyl groups is 1. The van der Waals surface area contributed by atoms with E-state index >= 15 is 0 Å². The number of aliphatic hydroxyl groups excluding tert-OH is 1. The molecular weight excluding hydrogens is 396 g/mol. The fraction of sp³-hybridized carbons (Fsp3) is 0.667. The van der Waals surface area contributed by atoms with E-state index in [2.05, 4.69) is 33.0 Å². The van der Waals surface area contributed by atoms with E-state index in [1.54, 1.807) is 6.07 Å². The monoisotopic (exact) mass is 428 g/mol. The number of rotatable bonds is 1. The van der Waals surface area contributed by atoms with Gasteiger partial charge in [-0.05, 0) is 42.2 Å². The molecule has 0 saturated heterocycles. The highest BCUT2D eigenvalue weighted by Gasteiger charge is 2.69. The molecule has 0 unspecified atom stereocenters.